The van der Waals surface area contributed by atoms with Crippen LogP contribution in [0.5, 0.6) is 0 Å². The van der Waals surface area contributed by atoms with Crippen molar-refractivity contribution in [2.75, 3.05) is 6.54 Å². The first-order chi connectivity index (χ1) is 10.1. The van der Waals surface area contributed by atoms with Gasteiger partial charge in [0.05, 0.1) is 0 Å². The molecule has 0 atom stereocenters. The summed E-state index contributed by atoms with van der Waals surface area (Å²) >= 11 is 0. The van der Waals surface area contributed by atoms with Crippen molar-refractivity contribution in [3.05, 3.63) is 41.5 Å². The molecule has 122 valence electrons. The third-order valence-corrected chi connectivity index (χ3v) is 3.07. The summed E-state index contributed by atoms with van der Waals surface area (Å²) in [7, 11) is 0. The maximum Gasteiger partial charge on any atom is 0.407 e. The van der Waals surface area contributed by atoms with Gasteiger partial charge in [0.2, 0.25) is 0 Å². The van der Waals surface area contributed by atoms with Gasteiger partial charge in [0.1, 0.15) is 5.60 Å². The number of hydrogen-bond acceptors (Lipinski definition) is 2. The Balaban J connectivity index is 2.36. The molecule has 0 heterocycles. The van der Waals surface area contributed by atoms with Crippen molar-refractivity contribution in [1.29, 1.82) is 0 Å². The zero-order chi connectivity index (χ0) is 16.8. The molecule has 1 N–H and O–H groups in total. The maximum absolute atomic E-state index is 11.5. The molecule has 0 saturated carbocycles. The average Bonchev–Trinajstić information content (AvgIpc) is 2.35. The van der Waals surface area contributed by atoms with Crippen molar-refractivity contribution < 1.29 is 9.53 Å². The van der Waals surface area contributed by atoms with Crippen molar-refractivity contribution in [2.45, 2.75) is 59.0 Å². The van der Waals surface area contributed by atoms with Gasteiger partial charge in [-0.1, -0.05) is 57.2 Å². The van der Waals surface area contributed by atoms with E-state index in [0.717, 1.165) is 6.42 Å². The highest BCUT2D eigenvalue weighted by Gasteiger charge is 2.15. The van der Waals surface area contributed by atoms with Gasteiger partial charge in [-0.15, -0.1) is 0 Å². The van der Waals surface area contributed by atoms with Crippen LogP contribution in [0.25, 0.3) is 6.08 Å². The van der Waals surface area contributed by atoms with E-state index in [1.165, 1.54) is 11.1 Å². The van der Waals surface area contributed by atoms with Gasteiger partial charge in [-0.3, -0.25) is 0 Å². The van der Waals surface area contributed by atoms with Gasteiger partial charge in [0.25, 0.3) is 0 Å². The van der Waals surface area contributed by atoms with Gasteiger partial charge >= 0.3 is 6.09 Å². The van der Waals surface area contributed by atoms with Gasteiger partial charge < -0.3 is 10.1 Å². The number of ether oxygens (including phenoxy) is 1. The molecule has 0 aliphatic heterocycles. The Morgan fingerprint density at radius 3 is 2.18 bits per heavy atom. The van der Waals surface area contributed by atoms with Crippen molar-refractivity contribution >= 4 is 12.2 Å². The molecule has 0 aliphatic rings. The molecule has 0 unspecified atom stereocenters. The normalized spacial score (nSPS) is 12.5. The number of rotatable bonds is 4. The van der Waals surface area contributed by atoms with Crippen molar-refractivity contribution in [3.8, 4) is 0 Å². The van der Waals surface area contributed by atoms with Crippen LogP contribution >= 0.6 is 0 Å². The third kappa shape index (κ3) is 7.30. The fourth-order valence-corrected chi connectivity index (χ4v) is 1.89. The van der Waals surface area contributed by atoms with Crippen LogP contribution in [0.4, 0.5) is 4.79 Å². The molecule has 0 saturated heterocycles. The van der Waals surface area contributed by atoms with E-state index >= 15 is 0 Å². The fourth-order valence-electron chi connectivity index (χ4n) is 1.89. The summed E-state index contributed by atoms with van der Waals surface area (Å²) in [5.74, 6) is 0. The molecule has 3 nitrogen and oxygen atoms in total. The van der Waals surface area contributed by atoms with Crippen LogP contribution in [0.1, 0.15) is 59.1 Å². The van der Waals surface area contributed by atoms with Crippen LogP contribution < -0.4 is 5.32 Å². The number of carbonyl (C=O) groups is 1. The van der Waals surface area contributed by atoms with E-state index in [4.69, 9.17) is 4.74 Å². The summed E-state index contributed by atoms with van der Waals surface area (Å²) in [6.07, 6.45) is 4.54. The molecule has 0 bridgehead atoms. The van der Waals surface area contributed by atoms with Crippen LogP contribution in [0.3, 0.4) is 0 Å². The van der Waals surface area contributed by atoms with Gasteiger partial charge in [-0.2, -0.15) is 0 Å². The monoisotopic (exact) mass is 303 g/mol. The van der Waals surface area contributed by atoms with Crippen molar-refractivity contribution in [1.82, 2.24) is 5.32 Å². The standard InChI is InChI=1S/C19H29NO2/c1-18(2,3)16-12-10-15(11-13-16)9-7-8-14-20-17(21)22-19(4,5)6/h7,9-13H,8,14H2,1-6H3,(H,20,21). The molecule has 1 aromatic carbocycles. The first-order valence-corrected chi connectivity index (χ1v) is 7.82. The lowest BCUT2D eigenvalue weighted by Crippen LogP contribution is -2.32. The van der Waals surface area contributed by atoms with Gasteiger partial charge in [0, 0.05) is 6.54 Å². The van der Waals surface area contributed by atoms with Gasteiger partial charge in [-0.05, 0) is 43.7 Å². The van der Waals surface area contributed by atoms with Crippen LogP contribution in [0.2, 0.25) is 0 Å². The Hall–Kier alpha value is -1.77. The SMILES string of the molecule is CC(C)(C)OC(=O)NCCC=Cc1ccc(C(C)(C)C)cc1. The largest absolute Gasteiger partial charge is 0.444 e. The van der Waals surface area contributed by atoms with E-state index in [1.54, 1.807) is 0 Å². The third-order valence-electron chi connectivity index (χ3n) is 3.07. The lowest BCUT2D eigenvalue weighted by Gasteiger charge is -2.19. The highest BCUT2D eigenvalue weighted by Crippen LogP contribution is 2.22. The second kappa shape index (κ2) is 7.48. The number of hydrogen-bond donors (Lipinski definition) is 1. The van der Waals surface area contributed by atoms with E-state index in [1.807, 2.05) is 20.8 Å². The molecule has 3 heteroatoms. The second-order valence-corrected chi connectivity index (χ2v) is 7.49. The molecule has 0 fully saturated rings. The number of amides is 1. The van der Waals surface area contributed by atoms with Gasteiger partial charge in [0.15, 0.2) is 0 Å². The molecule has 1 rings (SSSR count). The number of carbonyl (C=O) groups excluding carboxylic acids is 1. The van der Waals surface area contributed by atoms with E-state index in [0.29, 0.717) is 6.54 Å². The number of benzene rings is 1. The van der Waals surface area contributed by atoms with Gasteiger partial charge in [-0.25, -0.2) is 4.79 Å². The summed E-state index contributed by atoms with van der Waals surface area (Å²) in [5.41, 5.74) is 2.23. The summed E-state index contributed by atoms with van der Waals surface area (Å²) in [6.45, 7) is 12.8. The Morgan fingerprint density at radius 1 is 1.09 bits per heavy atom. The van der Waals surface area contributed by atoms with E-state index in [9.17, 15) is 4.79 Å². The first kappa shape index (κ1) is 18.3. The topological polar surface area (TPSA) is 38.3 Å². The number of nitrogens with one attached hydrogen (secondary N) is 1. The molecule has 0 aromatic heterocycles. The molecular formula is C19H29NO2. The molecule has 0 spiro atoms. The zero-order valence-electron chi connectivity index (χ0n) is 14.7. The molecule has 0 radical (unpaired) electrons. The Bertz CT molecular complexity index is 502. The quantitative estimate of drug-likeness (QED) is 0.802. The first-order valence-electron chi connectivity index (χ1n) is 7.82. The Labute approximate surface area is 134 Å². The van der Waals surface area contributed by atoms with Crippen LogP contribution in [0.15, 0.2) is 30.3 Å². The predicted octanol–water partition coefficient (Wildman–Crippen LogP) is 4.91. The summed E-state index contributed by atoms with van der Waals surface area (Å²) in [5, 5.41) is 2.74. The molecule has 22 heavy (non-hydrogen) atoms. The molecule has 0 aliphatic carbocycles. The van der Waals surface area contributed by atoms with Crippen LogP contribution in [-0.2, 0) is 10.2 Å². The Kier molecular flexibility index (Phi) is 6.21. The van der Waals surface area contributed by atoms with E-state index in [2.05, 4.69) is 62.5 Å². The fraction of sp³-hybridized carbons (Fsp3) is 0.526. The van der Waals surface area contributed by atoms with E-state index in [-0.39, 0.29) is 11.5 Å². The zero-order valence-corrected chi connectivity index (χ0v) is 14.7. The lowest BCUT2D eigenvalue weighted by molar-refractivity contribution is 0.0529. The molecule has 1 aromatic rings. The minimum atomic E-state index is -0.450. The minimum absolute atomic E-state index is 0.180. The van der Waals surface area contributed by atoms with Crippen molar-refractivity contribution in [2.24, 2.45) is 0 Å². The highest BCUT2D eigenvalue weighted by molar-refractivity contribution is 5.67. The average molecular weight is 303 g/mol. The van der Waals surface area contributed by atoms with Crippen LogP contribution in [-0.4, -0.2) is 18.2 Å². The van der Waals surface area contributed by atoms with Crippen molar-refractivity contribution in [3.63, 3.8) is 0 Å². The second-order valence-electron chi connectivity index (χ2n) is 7.49. The summed E-state index contributed by atoms with van der Waals surface area (Å²) in [4.78, 5) is 11.5. The minimum Gasteiger partial charge on any atom is -0.444 e. The maximum atomic E-state index is 11.5. The molecule has 1 amide bonds. The summed E-state index contributed by atoms with van der Waals surface area (Å²) in [6, 6.07) is 8.58. The Morgan fingerprint density at radius 2 is 1.68 bits per heavy atom. The summed E-state index contributed by atoms with van der Waals surface area (Å²) < 4.78 is 5.17. The van der Waals surface area contributed by atoms with E-state index < -0.39 is 5.60 Å². The smallest absolute Gasteiger partial charge is 0.407 e. The number of alkyl carbamates (subject to hydrolysis) is 1. The highest BCUT2D eigenvalue weighted by atomic mass is 16.6. The lowest BCUT2D eigenvalue weighted by atomic mass is 9.87. The van der Waals surface area contributed by atoms with Crippen LogP contribution in [0, 0.1) is 0 Å². The molecular weight excluding hydrogens is 274 g/mol. The predicted molar refractivity (Wildman–Crippen MR) is 93.0 cm³/mol.